The molecule has 1 aromatic rings. The molecule has 5 nitrogen and oxygen atoms in total. The highest BCUT2D eigenvalue weighted by Crippen LogP contribution is 2.33. The van der Waals surface area contributed by atoms with Gasteiger partial charge in [-0.3, -0.25) is 14.6 Å². The molecule has 0 aromatic carbocycles. The molecular formula is C17H23N3O2. The van der Waals surface area contributed by atoms with Gasteiger partial charge >= 0.3 is 0 Å². The number of nitrogens with zero attached hydrogens (tertiary/aromatic N) is 1. The van der Waals surface area contributed by atoms with E-state index in [4.69, 9.17) is 0 Å². The molecule has 0 spiro atoms. The normalized spacial score (nSPS) is 20.1. The number of carbonyl (C=O) groups excluding carboxylic acids is 2. The largest absolute Gasteiger partial charge is 0.349 e. The molecule has 2 N–H and O–H groups in total. The summed E-state index contributed by atoms with van der Waals surface area (Å²) in [6.07, 6.45) is 7.75. The van der Waals surface area contributed by atoms with Crippen LogP contribution in [0.5, 0.6) is 0 Å². The zero-order valence-electron chi connectivity index (χ0n) is 13.1. The summed E-state index contributed by atoms with van der Waals surface area (Å²) >= 11 is 0. The molecule has 1 heterocycles. The maximum atomic E-state index is 12.2. The van der Waals surface area contributed by atoms with E-state index >= 15 is 0 Å². The highest BCUT2D eigenvalue weighted by molar-refractivity contribution is 5.99. The van der Waals surface area contributed by atoms with E-state index in [9.17, 15) is 9.59 Å². The molecule has 2 amide bonds. The van der Waals surface area contributed by atoms with Gasteiger partial charge in [-0.2, -0.15) is 0 Å². The molecule has 0 unspecified atom stereocenters. The van der Waals surface area contributed by atoms with Crippen molar-refractivity contribution in [3.8, 4) is 0 Å². The first-order valence-electron chi connectivity index (χ1n) is 8.11. The Kier molecular flexibility index (Phi) is 4.14. The predicted molar refractivity (Wildman–Crippen MR) is 83.5 cm³/mol. The summed E-state index contributed by atoms with van der Waals surface area (Å²) < 4.78 is 0. The van der Waals surface area contributed by atoms with E-state index in [2.05, 4.69) is 15.6 Å². The first kappa shape index (κ1) is 15.0. The molecule has 2 aliphatic carbocycles. The number of hydrogen-bond acceptors (Lipinski definition) is 3. The second-order valence-corrected chi connectivity index (χ2v) is 6.66. The fourth-order valence-electron chi connectivity index (χ4n) is 2.70. The van der Waals surface area contributed by atoms with Crippen molar-refractivity contribution >= 4 is 11.8 Å². The lowest BCUT2D eigenvalue weighted by Crippen LogP contribution is -2.35. The van der Waals surface area contributed by atoms with E-state index in [1.807, 2.05) is 13.8 Å². The van der Waals surface area contributed by atoms with Crippen LogP contribution in [0.25, 0.3) is 0 Å². The van der Waals surface area contributed by atoms with Crippen molar-refractivity contribution in [2.45, 2.75) is 51.6 Å². The van der Waals surface area contributed by atoms with E-state index in [0.717, 1.165) is 0 Å². The van der Waals surface area contributed by atoms with Gasteiger partial charge in [0, 0.05) is 24.5 Å². The zero-order chi connectivity index (χ0) is 15.7. The van der Waals surface area contributed by atoms with Crippen molar-refractivity contribution in [1.82, 2.24) is 15.6 Å². The van der Waals surface area contributed by atoms with Gasteiger partial charge in [-0.05, 0) is 57.4 Å². The monoisotopic (exact) mass is 301 g/mol. The molecule has 22 heavy (non-hydrogen) atoms. The molecule has 2 atom stereocenters. The number of pyridine rings is 1. The van der Waals surface area contributed by atoms with Crippen LogP contribution in [0.4, 0.5) is 0 Å². The fraction of sp³-hybridized carbons (Fsp3) is 0.588. The smallest absolute Gasteiger partial charge is 0.253 e. The van der Waals surface area contributed by atoms with Gasteiger partial charge in [0.05, 0.1) is 11.1 Å². The van der Waals surface area contributed by atoms with Crippen molar-refractivity contribution in [1.29, 1.82) is 0 Å². The van der Waals surface area contributed by atoms with E-state index in [1.165, 1.54) is 38.1 Å². The van der Waals surface area contributed by atoms with Gasteiger partial charge in [0.1, 0.15) is 0 Å². The van der Waals surface area contributed by atoms with Crippen LogP contribution in [-0.4, -0.2) is 28.9 Å². The second-order valence-electron chi connectivity index (χ2n) is 6.66. The van der Waals surface area contributed by atoms with Gasteiger partial charge in [-0.15, -0.1) is 0 Å². The van der Waals surface area contributed by atoms with E-state index in [1.54, 1.807) is 6.07 Å². The van der Waals surface area contributed by atoms with E-state index in [0.29, 0.717) is 23.0 Å². The van der Waals surface area contributed by atoms with E-state index in [-0.39, 0.29) is 23.9 Å². The Bertz CT molecular complexity index is 532. The molecule has 1 aromatic heterocycles. The van der Waals surface area contributed by atoms with Crippen LogP contribution >= 0.6 is 0 Å². The summed E-state index contributed by atoms with van der Waals surface area (Å²) in [7, 11) is 0. The van der Waals surface area contributed by atoms with Gasteiger partial charge < -0.3 is 10.6 Å². The molecule has 2 aliphatic rings. The van der Waals surface area contributed by atoms with Crippen molar-refractivity contribution in [3.63, 3.8) is 0 Å². The maximum Gasteiger partial charge on any atom is 0.253 e. The molecule has 0 saturated heterocycles. The van der Waals surface area contributed by atoms with Crippen molar-refractivity contribution in [2.75, 3.05) is 0 Å². The van der Waals surface area contributed by atoms with Gasteiger partial charge in [0.2, 0.25) is 0 Å². The zero-order valence-corrected chi connectivity index (χ0v) is 13.1. The highest BCUT2D eigenvalue weighted by Gasteiger charge is 2.30. The van der Waals surface area contributed by atoms with Crippen molar-refractivity contribution in [2.24, 2.45) is 11.8 Å². The Hall–Kier alpha value is -1.91. The Morgan fingerprint density at radius 1 is 0.955 bits per heavy atom. The third-order valence-electron chi connectivity index (χ3n) is 4.64. The maximum absolute atomic E-state index is 12.2. The topological polar surface area (TPSA) is 71.1 Å². The lowest BCUT2D eigenvalue weighted by atomic mass is 10.1. The molecule has 3 rings (SSSR count). The van der Waals surface area contributed by atoms with Crippen molar-refractivity contribution in [3.05, 3.63) is 29.6 Å². The highest BCUT2D eigenvalue weighted by atomic mass is 16.2. The summed E-state index contributed by atoms with van der Waals surface area (Å²) in [5.74, 6) is 0.888. The minimum atomic E-state index is -0.156. The molecule has 5 heteroatoms. The van der Waals surface area contributed by atoms with Crippen LogP contribution in [-0.2, 0) is 0 Å². The van der Waals surface area contributed by atoms with E-state index < -0.39 is 0 Å². The summed E-state index contributed by atoms with van der Waals surface area (Å²) in [5, 5.41) is 5.97. The first-order chi connectivity index (χ1) is 10.5. The Balaban J connectivity index is 1.63. The molecule has 118 valence electrons. The quantitative estimate of drug-likeness (QED) is 0.845. The van der Waals surface area contributed by atoms with Crippen LogP contribution in [0, 0.1) is 11.8 Å². The van der Waals surface area contributed by atoms with Crippen LogP contribution in [0.3, 0.4) is 0 Å². The van der Waals surface area contributed by atoms with Crippen LogP contribution < -0.4 is 10.6 Å². The third kappa shape index (κ3) is 3.64. The molecular weight excluding hydrogens is 278 g/mol. The standard InChI is InChI=1S/C17H23N3O2/c1-10(12-3-4-12)19-16(21)14-7-15(9-18-8-14)17(22)20-11(2)13-5-6-13/h7-13H,3-6H2,1-2H3,(H,19,21)(H,20,22)/t10-,11+. The average Bonchev–Trinajstić information content (AvgIpc) is 3.39. The lowest BCUT2D eigenvalue weighted by Gasteiger charge is -2.14. The number of rotatable bonds is 6. The molecule has 2 saturated carbocycles. The van der Waals surface area contributed by atoms with Gasteiger partial charge in [0.15, 0.2) is 0 Å². The minimum absolute atomic E-state index is 0.156. The minimum Gasteiger partial charge on any atom is -0.349 e. The van der Waals surface area contributed by atoms with Gasteiger partial charge in [-0.1, -0.05) is 0 Å². The van der Waals surface area contributed by atoms with Crippen LogP contribution in [0.1, 0.15) is 60.2 Å². The first-order valence-corrected chi connectivity index (χ1v) is 8.11. The second kappa shape index (κ2) is 6.07. The predicted octanol–water partition coefficient (Wildman–Crippen LogP) is 2.14. The molecule has 0 radical (unpaired) electrons. The molecule has 0 aliphatic heterocycles. The number of hydrogen-bond donors (Lipinski definition) is 2. The Morgan fingerprint density at radius 2 is 1.36 bits per heavy atom. The van der Waals surface area contributed by atoms with Crippen LogP contribution in [0.2, 0.25) is 0 Å². The lowest BCUT2D eigenvalue weighted by molar-refractivity contribution is 0.0935. The van der Waals surface area contributed by atoms with Gasteiger partial charge in [0.25, 0.3) is 11.8 Å². The summed E-state index contributed by atoms with van der Waals surface area (Å²) in [6.45, 7) is 4.05. The van der Waals surface area contributed by atoms with Crippen molar-refractivity contribution < 1.29 is 9.59 Å². The molecule has 0 bridgehead atoms. The van der Waals surface area contributed by atoms with Gasteiger partial charge in [-0.25, -0.2) is 0 Å². The SMILES string of the molecule is C[C@H](NC(=O)c1cncc(C(=O)N[C@H](C)C2CC2)c1)C1CC1. The number of nitrogens with one attached hydrogen (secondary N) is 2. The average molecular weight is 301 g/mol. The summed E-state index contributed by atoms with van der Waals surface area (Å²) in [6, 6.07) is 1.98. The number of carbonyl (C=O) groups is 2. The molecule has 2 fully saturated rings. The van der Waals surface area contributed by atoms with Crippen LogP contribution in [0.15, 0.2) is 18.5 Å². The third-order valence-corrected chi connectivity index (χ3v) is 4.64. The Labute approximate surface area is 130 Å². The number of aromatic nitrogens is 1. The fourth-order valence-corrected chi connectivity index (χ4v) is 2.70. The Morgan fingerprint density at radius 3 is 1.73 bits per heavy atom. The summed E-state index contributed by atoms with van der Waals surface area (Å²) in [4.78, 5) is 28.5. The summed E-state index contributed by atoms with van der Waals surface area (Å²) in [5.41, 5.74) is 0.887. The number of amides is 2.